The van der Waals surface area contributed by atoms with Gasteiger partial charge in [-0.25, -0.2) is 4.39 Å². The molecule has 0 atom stereocenters. The number of benzene rings is 1. The molecular weight excluding hydrogens is 271 g/mol. The smallest absolute Gasteiger partial charge is 0.170 e. The Labute approximate surface area is 124 Å². The van der Waals surface area contributed by atoms with E-state index in [0.29, 0.717) is 12.1 Å². The molecule has 116 valence electrons. The van der Waals surface area contributed by atoms with Gasteiger partial charge in [0.15, 0.2) is 5.84 Å². The first-order chi connectivity index (χ1) is 10.2. The van der Waals surface area contributed by atoms with Gasteiger partial charge >= 0.3 is 0 Å². The second-order valence-electron chi connectivity index (χ2n) is 5.41. The Hall–Kier alpha value is -1.66. The summed E-state index contributed by atoms with van der Waals surface area (Å²) >= 11 is 0. The summed E-state index contributed by atoms with van der Waals surface area (Å²) in [6.07, 6.45) is 3.71. The van der Waals surface area contributed by atoms with Crippen LogP contribution in [0.25, 0.3) is 0 Å². The first kappa shape index (κ1) is 15.7. The molecule has 4 N–H and O–H groups in total. The highest BCUT2D eigenvalue weighted by Crippen LogP contribution is 2.10. The van der Waals surface area contributed by atoms with Gasteiger partial charge in [0.05, 0.1) is 0 Å². The van der Waals surface area contributed by atoms with E-state index >= 15 is 0 Å². The molecule has 0 unspecified atom stereocenters. The Balaban J connectivity index is 1.76. The molecule has 1 heterocycles. The number of amidine groups is 1. The molecule has 1 saturated heterocycles. The summed E-state index contributed by atoms with van der Waals surface area (Å²) < 4.78 is 13.5. The highest BCUT2D eigenvalue weighted by atomic mass is 19.1. The maximum Gasteiger partial charge on any atom is 0.170 e. The van der Waals surface area contributed by atoms with Crippen LogP contribution in [-0.2, 0) is 6.54 Å². The number of oxime groups is 1. The van der Waals surface area contributed by atoms with Gasteiger partial charge < -0.3 is 21.2 Å². The number of rotatable bonds is 7. The number of likely N-dealkylation sites (tertiary alicyclic amines) is 1. The van der Waals surface area contributed by atoms with Crippen molar-refractivity contribution in [2.75, 3.05) is 26.2 Å². The fourth-order valence-corrected chi connectivity index (χ4v) is 2.62. The van der Waals surface area contributed by atoms with Crippen LogP contribution < -0.4 is 11.1 Å². The van der Waals surface area contributed by atoms with Crippen molar-refractivity contribution in [2.24, 2.45) is 10.9 Å². The number of hydrogen-bond donors (Lipinski definition) is 3. The maximum atomic E-state index is 13.5. The quantitative estimate of drug-likeness (QED) is 0.234. The van der Waals surface area contributed by atoms with Crippen molar-refractivity contribution in [3.05, 3.63) is 35.1 Å². The fraction of sp³-hybridized carbons (Fsp3) is 0.533. The average Bonchev–Trinajstić information content (AvgIpc) is 2.98. The lowest BCUT2D eigenvalue weighted by atomic mass is 10.1. The number of nitrogens with zero attached hydrogens (tertiary/aromatic N) is 2. The van der Waals surface area contributed by atoms with Crippen molar-refractivity contribution in [3.63, 3.8) is 0 Å². The number of nitrogens with one attached hydrogen (secondary N) is 1. The van der Waals surface area contributed by atoms with Crippen molar-refractivity contribution in [1.82, 2.24) is 10.2 Å². The Bertz CT molecular complexity index is 487. The van der Waals surface area contributed by atoms with Crippen molar-refractivity contribution >= 4 is 5.84 Å². The zero-order valence-electron chi connectivity index (χ0n) is 12.2. The Morgan fingerprint density at radius 1 is 1.33 bits per heavy atom. The SMILES string of the molecule is N/C(=N/O)c1cc(F)cc(CNCCCN2CCCC2)c1. The van der Waals surface area contributed by atoms with E-state index in [4.69, 9.17) is 10.9 Å². The van der Waals surface area contributed by atoms with Gasteiger partial charge in [0.1, 0.15) is 5.82 Å². The molecule has 0 bridgehead atoms. The Morgan fingerprint density at radius 2 is 2.10 bits per heavy atom. The van der Waals surface area contributed by atoms with Crippen molar-refractivity contribution < 1.29 is 9.60 Å². The van der Waals surface area contributed by atoms with E-state index < -0.39 is 0 Å². The molecular formula is C15H23FN4O. The monoisotopic (exact) mass is 294 g/mol. The molecule has 2 rings (SSSR count). The minimum absolute atomic E-state index is 0.0789. The van der Waals surface area contributed by atoms with Gasteiger partial charge in [-0.3, -0.25) is 0 Å². The molecule has 1 aromatic rings. The van der Waals surface area contributed by atoms with E-state index in [-0.39, 0.29) is 11.7 Å². The number of hydrogen-bond acceptors (Lipinski definition) is 4. The topological polar surface area (TPSA) is 73.9 Å². The third-order valence-corrected chi connectivity index (χ3v) is 3.72. The van der Waals surface area contributed by atoms with Crippen molar-refractivity contribution in [2.45, 2.75) is 25.8 Å². The molecule has 1 aliphatic rings. The summed E-state index contributed by atoms with van der Waals surface area (Å²) in [5.74, 6) is -0.460. The largest absolute Gasteiger partial charge is 0.409 e. The molecule has 6 heteroatoms. The predicted octanol–water partition coefficient (Wildman–Crippen LogP) is 1.50. The van der Waals surface area contributed by atoms with E-state index in [1.165, 1.54) is 38.1 Å². The standard InChI is InChI=1S/C15H23FN4O/c16-14-9-12(8-13(10-14)15(17)19-21)11-18-4-3-7-20-5-1-2-6-20/h8-10,18,21H,1-7,11H2,(H2,17,19). The van der Waals surface area contributed by atoms with Crippen LogP contribution in [-0.4, -0.2) is 42.1 Å². The molecule has 0 aliphatic carbocycles. The van der Waals surface area contributed by atoms with Crippen LogP contribution in [0.3, 0.4) is 0 Å². The van der Waals surface area contributed by atoms with Gasteiger partial charge in [-0.15, -0.1) is 0 Å². The van der Waals surface area contributed by atoms with Crippen molar-refractivity contribution in [1.29, 1.82) is 0 Å². The second kappa shape index (κ2) is 7.95. The zero-order valence-corrected chi connectivity index (χ0v) is 12.2. The first-order valence-corrected chi connectivity index (χ1v) is 7.39. The molecule has 1 fully saturated rings. The third-order valence-electron chi connectivity index (χ3n) is 3.72. The molecule has 1 aromatic carbocycles. The fourth-order valence-electron chi connectivity index (χ4n) is 2.62. The maximum absolute atomic E-state index is 13.5. The van der Waals surface area contributed by atoms with Crippen LogP contribution in [0.4, 0.5) is 4.39 Å². The minimum atomic E-state index is -0.382. The van der Waals surface area contributed by atoms with E-state index in [2.05, 4.69) is 15.4 Å². The summed E-state index contributed by atoms with van der Waals surface area (Å²) in [6, 6.07) is 4.44. The highest BCUT2D eigenvalue weighted by Gasteiger charge is 2.10. The van der Waals surface area contributed by atoms with Gasteiger partial charge in [-0.2, -0.15) is 0 Å². The van der Waals surface area contributed by atoms with Gasteiger partial charge in [0.2, 0.25) is 0 Å². The van der Waals surface area contributed by atoms with Gasteiger partial charge in [0, 0.05) is 12.1 Å². The van der Waals surface area contributed by atoms with E-state index in [0.717, 1.165) is 25.1 Å². The predicted molar refractivity (Wildman–Crippen MR) is 80.9 cm³/mol. The van der Waals surface area contributed by atoms with Gasteiger partial charge in [-0.05, 0) is 69.2 Å². The zero-order chi connectivity index (χ0) is 15.1. The normalized spacial score (nSPS) is 16.5. The lowest BCUT2D eigenvalue weighted by molar-refractivity contribution is 0.318. The van der Waals surface area contributed by atoms with Crippen molar-refractivity contribution in [3.8, 4) is 0 Å². The molecule has 0 saturated carbocycles. The average molecular weight is 294 g/mol. The molecule has 1 aliphatic heterocycles. The molecule has 0 aromatic heterocycles. The van der Waals surface area contributed by atoms with Crippen LogP contribution in [0, 0.1) is 5.82 Å². The van der Waals surface area contributed by atoms with Crippen LogP contribution in [0.5, 0.6) is 0 Å². The van der Waals surface area contributed by atoms with Crippen LogP contribution in [0.15, 0.2) is 23.4 Å². The summed E-state index contributed by atoms with van der Waals surface area (Å²) in [5, 5.41) is 14.8. The lowest BCUT2D eigenvalue weighted by Gasteiger charge is -2.14. The van der Waals surface area contributed by atoms with E-state index in [9.17, 15) is 4.39 Å². The van der Waals surface area contributed by atoms with Crippen LogP contribution in [0.1, 0.15) is 30.4 Å². The molecule has 0 radical (unpaired) electrons. The Kier molecular flexibility index (Phi) is 5.95. The number of halogens is 1. The molecule has 0 spiro atoms. The molecule has 21 heavy (non-hydrogen) atoms. The number of nitrogens with two attached hydrogens (primary N) is 1. The van der Waals surface area contributed by atoms with Crippen LogP contribution >= 0.6 is 0 Å². The molecule has 0 amide bonds. The summed E-state index contributed by atoms with van der Waals surface area (Å²) in [4.78, 5) is 2.47. The van der Waals surface area contributed by atoms with Crippen LogP contribution in [0.2, 0.25) is 0 Å². The third kappa shape index (κ3) is 4.99. The summed E-state index contributed by atoms with van der Waals surface area (Å²) in [5.41, 5.74) is 6.67. The minimum Gasteiger partial charge on any atom is -0.409 e. The van der Waals surface area contributed by atoms with E-state index in [1.807, 2.05) is 0 Å². The summed E-state index contributed by atoms with van der Waals surface area (Å²) in [7, 11) is 0. The summed E-state index contributed by atoms with van der Waals surface area (Å²) in [6.45, 7) is 5.01. The second-order valence-corrected chi connectivity index (χ2v) is 5.41. The lowest BCUT2D eigenvalue weighted by Crippen LogP contribution is -2.24. The van der Waals surface area contributed by atoms with Gasteiger partial charge in [-0.1, -0.05) is 5.16 Å². The molecule has 5 nitrogen and oxygen atoms in total. The Morgan fingerprint density at radius 3 is 2.81 bits per heavy atom. The highest BCUT2D eigenvalue weighted by molar-refractivity contribution is 5.97. The van der Waals surface area contributed by atoms with Gasteiger partial charge in [0.25, 0.3) is 0 Å². The first-order valence-electron chi connectivity index (χ1n) is 7.39. The van der Waals surface area contributed by atoms with E-state index in [1.54, 1.807) is 6.07 Å².